The van der Waals surface area contributed by atoms with Crippen molar-refractivity contribution in [3.05, 3.63) is 180 Å². The van der Waals surface area contributed by atoms with Crippen LogP contribution in [0.4, 0.5) is 34.1 Å². The van der Waals surface area contributed by atoms with Gasteiger partial charge in [-0.15, -0.1) is 0 Å². The predicted molar refractivity (Wildman–Crippen MR) is 273 cm³/mol. The van der Waals surface area contributed by atoms with E-state index in [1.807, 2.05) is 36.4 Å². The standard InChI is InChI=1S/C60H46N2O4/c1-35-32-51(61(37-20-24-39(63-4)25-21-37)49-16-10-14-44-42-12-6-8-18-53(42)65-58(44)49)47-34-48-55-36(30-31-60(48,2)3)33-52(46-29-28-41(35)56(47)57(46)55)62(38-22-26-40(64-5)27-23-38)50-17-11-15-45-43-13-7-9-19-54(43)66-59(45)50/h6-29,32-34H,30-31H2,1-5H3. The van der Waals surface area contributed by atoms with Crippen molar-refractivity contribution in [1.82, 2.24) is 0 Å². The van der Waals surface area contributed by atoms with Crippen molar-refractivity contribution in [2.45, 2.75) is 39.0 Å². The second kappa shape index (κ2) is 14.3. The fourth-order valence-corrected chi connectivity index (χ4v) is 11.1. The van der Waals surface area contributed by atoms with E-state index in [-0.39, 0.29) is 5.41 Å². The number of benzene rings is 10. The van der Waals surface area contributed by atoms with Gasteiger partial charge in [-0.2, -0.15) is 0 Å². The highest BCUT2D eigenvalue weighted by Gasteiger charge is 2.34. The molecule has 66 heavy (non-hydrogen) atoms. The van der Waals surface area contributed by atoms with Gasteiger partial charge in [0, 0.05) is 49.1 Å². The zero-order chi connectivity index (χ0) is 44.4. The summed E-state index contributed by atoms with van der Waals surface area (Å²) >= 11 is 0. The second-order valence-electron chi connectivity index (χ2n) is 18.5. The summed E-state index contributed by atoms with van der Waals surface area (Å²) in [5, 5.41) is 11.9. The van der Waals surface area contributed by atoms with Crippen molar-refractivity contribution < 1.29 is 18.3 Å². The van der Waals surface area contributed by atoms with Crippen LogP contribution in [0.1, 0.15) is 37.0 Å². The number of fused-ring (bicyclic) bond motifs is 6. The van der Waals surface area contributed by atoms with Gasteiger partial charge in [0.1, 0.15) is 22.7 Å². The summed E-state index contributed by atoms with van der Waals surface area (Å²) in [6, 6.07) is 58.6. The summed E-state index contributed by atoms with van der Waals surface area (Å²) < 4.78 is 25.0. The van der Waals surface area contributed by atoms with E-state index in [4.69, 9.17) is 18.3 Å². The maximum atomic E-state index is 6.81. The van der Waals surface area contributed by atoms with Crippen molar-refractivity contribution >= 4 is 110 Å². The van der Waals surface area contributed by atoms with Gasteiger partial charge in [-0.25, -0.2) is 0 Å². The fourth-order valence-electron chi connectivity index (χ4n) is 11.1. The van der Waals surface area contributed by atoms with Crippen LogP contribution in [-0.2, 0) is 11.8 Å². The molecule has 0 saturated heterocycles. The van der Waals surface area contributed by atoms with E-state index >= 15 is 0 Å². The average molecular weight is 859 g/mol. The van der Waals surface area contributed by atoms with Gasteiger partial charge in [0.25, 0.3) is 0 Å². The third kappa shape index (κ3) is 5.54. The summed E-state index contributed by atoms with van der Waals surface area (Å²) in [4.78, 5) is 4.81. The normalized spacial score (nSPS) is 13.5. The van der Waals surface area contributed by atoms with Gasteiger partial charge in [-0.05, 0) is 149 Å². The van der Waals surface area contributed by atoms with Crippen LogP contribution in [0.3, 0.4) is 0 Å². The number of anilines is 6. The molecule has 0 saturated carbocycles. The van der Waals surface area contributed by atoms with E-state index in [1.165, 1.54) is 49.0 Å². The molecule has 0 unspecified atom stereocenters. The zero-order valence-electron chi connectivity index (χ0n) is 37.5. The Bertz CT molecular complexity index is 3900. The molecule has 0 aliphatic heterocycles. The predicted octanol–water partition coefficient (Wildman–Crippen LogP) is 16.9. The Morgan fingerprint density at radius 3 is 1.53 bits per heavy atom. The molecule has 2 heterocycles. The second-order valence-corrected chi connectivity index (χ2v) is 18.5. The van der Waals surface area contributed by atoms with Gasteiger partial charge in [-0.1, -0.05) is 86.6 Å². The van der Waals surface area contributed by atoms with Gasteiger partial charge in [0.05, 0.1) is 37.0 Å². The number of hydrogen-bond acceptors (Lipinski definition) is 6. The summed E-state index contributed by atoms with van der Waals surface area (Å²) in [6.45, 7) is 7.10. The SMILES string of the molecule is COc1ccc(N(c2cc(C)c3ccc4c(N(c5ccc(OC)cc5)c5cccc6c5oc5ccccc56)cc5c6c(cc2c3c46)C(C)(C)CC5)c2cccc3c2oc2ccccc23)cc1. The van der Waals surface area contributed by atoms with Crippen LogP contribution < -0.4 is 19.3 Å². The molecule has 6 nitrogen and oxygen atoms in total. The van der Waals surface area contributed by atoms with Crippen LogP contribution >= 0.6 is 0 Å². The van der Waals surface area contributed by atoms with Crippen LogP contribution in [0.25, 0.3) is 76.2 Å². The van der Waals surface area contributed by atoms with Crippen molar-refractivity contribution in [2.75, 3.05) is 24.0 Å². The molecular weight excluding hydrogens is 813 g/mol. The van der Waals surface area contributed by atoms with Crippen molar-refractivity contribution in [3.8, 4) is 11.5 Å². The first-order valence-electron chi connectivity index (χ1n) is 22.8. The summed E-state index contributed by atoms with van der Waals surface area (Å²) in [5.41, 5.74) is 13.5. The van der Waals surface area contributed by atoms with E-state index in [0.717, 1.165) is 102 Å². The lowest BCUT2D eigenvalue weighted by Gasteiger charge is -2.37. The average Bonchev–Trinajstić information content (AvgIpc) is 3.93. The van der Waals surface area contributed by atoms with E-state index in [1.54, 1.807) is 14.2 Å². The van der Waals surface area contributed by atoms with Gasteiger partial charge in [-0.3, -0.25) is 0 Å². The lowest BCUT2D eigenvalue weighted by Crippen LogP contribution is -2.24. The molecule has 13 rings (SSSR count). The van der Waals surface area contributed by atoms with Gasteiger partial charge >= 0.3 is 0 Å². The maximum Gasteiger partial charge on any atom is 0.159 e. The Balaban J connectivity index is 1.15. The minimum absolute atomic E-state index is 0.0807. The van der Waals surface area contributed by atoms with Crippen molar-refractivity contribution in [3.63, 3.8) is 0 Å². The number of methoxy groups -OCH3 is 2. The largest absolute Gasteiger partial charge is 0.497 e. The molecule has 0 bridgehead atoms. The molecule has 0 spiro atoms. The molecule has 0 atom stereocenters. The number of para-hydroxylation sites is 4. The highest BCUT2D eigenvalue weighted by Crippen LogP contribution is 2.55. The molecule has 0 fully saturated rings. The van der Waals surface area contributed by atoms with E-state index in [2.05, 4.69) is 158 Å². The van der Waals surface area contributed by atoms with Gasteiger partial charge in [0.2, 0.25) is 0 Å². The lowest BCUT2D eigenvalue weighted by atomic mass is 9.70. The highest BCUT2D eigenvalue weighted by molar-refractivity contribution is 6.31. The molecule has 0 amide bonds. The topological polar surface area (TPSA) is 51.2 Å². The van der Waals surface area contributed by atoms with Crippen LogP contribution in [-0.4, -0.2) is 14.2 Å². The number of ether oxygens (including phenoxy) is 2. The quantitative estimate of drug-likeness (QED) is 0.142. The Labute approximate surface area is 382 Å². The zero-order valence-corrected chi connectivity index (χ0v) is 37.5. The monoisotopic (exact) mass is 858 g/mol. The molecule has 0 N–H and O–H groups in total. The Hall–Kier alpha value is -7.96. The third-order valence-corrected chi connectivity index (χ3v) is 14.4. The van der Waals surface area contributed by atoms with Crippen LogP contribution in [0, 0.1) is 6.92 Å². The summed E-state index contributed by atoms with van der Waals surface area (Å²) in [6.07, 6.45) is 1.98. The maximum absolute atomic E-state index is 6.81. The molecule has 1 aliphatic rings. The number of furan rings is 2. The first-order chi connectivity index (χ1) is 32.3. The fraction of sp³-hybridized carbons (Fsp3) is 0.133. The highest BCUT2D eigenvalue weighted by atomic mass is 16.5. The molecule has 12 aromatic rings. The Morgan fingerprint density at radius 2 is 0.970 bits per heavy atom. The first-order valence-corrected chi connectivity index (χ1v) is 22.8. The van der Waals surface area contributed by atoms with Crippen molar-refractivity contribution in [1.29, 1.82) is 0 Å². The van der Waals surface area contributed by atoms with Crippen LogP contribution in [0.2, 0.25) is 0 Å². The third-order valence-electron chi connectivity index (χ3n) is 14.4. The minimum Gasteiger partial charge on any atom is -0.497 e. The van der Waals surface area contributed by atoms with E-state index in [9.17, 15) is 0 Å². The molecule has 1 aliphatic carbocycles. The molecule has 320 valence electrons. The summed E-state index contributed by atoms with van der Waals surface area (Å²) in [7, 11) is 3.44. The summed E-state index contributed by atoms with van der Waals surface area (Å²) in [5.74, 6) is 1.61. The van der Waals surface area contributed by atoms with Crippen LogP contribution in [0.15, 0.2) is 173 Å². The molecule has 10 aromatic carbocycles. The molecule has 6 heteroatoms. The van der Waals surface area contributed by atoms with E-state index < -0.39 is 0 Å². The van der Waals surface area contributed by atoms with E-state index in [0.29, 0.717) is 0 Å². The number of hydrogen-bond donors (Lipinski definition) is 0. The Kier molecular flexibility index (Phi) is 8.32. The van der Waals surface area contributed by atoms with Gasteiger partial charge < -0.3 is 28.1 Å². The smallest absolute Gasteiger partial charge is 0.159 e. The molecular formula is C60H46N2O4. The minimum atomic E-state index is -0.0807. The number of rotatable bonds is 8. The molecule has 0 radical (unpaired) electrons. The lowest BCUT2D eigenvalue weighted by molar-refractivity contribution is 0.414. The number of aryl methyl sites for hydroxylation is 2. The van der Waals surface area contributed by atoms with Gasteiger partial charge in [0.15, 0.2) is 11.2 Å². The first kappa shape index (κ1) is 38.5. The molecule has 2 aromatic heterocycles. The number of nitrogens with zero attached hydrogens (tertiary/aromatic N) is 2. The van der Waals surface area contributed by atoms with Crippen molar-refractivity contribution in [2.24, 2.45) is 0 Å². The Morgan fingerprint density at radius 1 is 0.455 bits per heavy atom. The van der Waals surface area contributed by atoms with Crippen LogP contribution in [0.5, 0.6) is 11.5 Å².